The van der Waals surface area contributed by atoms with Crippen LogP contribution in [-0.2, 0) is 36.8 Å². The minimum Gasteiger partial charge on any atom is -0.433 e. The van der Waals surface area contributed by atoms with Gasteiger partial charge in [0.25, 0.3) is 17.9 Å². The standard InChI is InChI=1S/C9H14O8Si/c1-6(10)14-18(15-7(2)11,16-8(3)12)17-9-4-5-13-9/h9H,4-5H2,1-3H3. The Bertz CT molecular complexity index is 310. The van der Waals surface area contributed by atoms with Gasteiger partial charge in [0.2, 0.25) is 0 Å². The Morgan fingerprint density at radius 1 is 1.00 bits per heavy atom. The number of hydrogen-bond donors (Lipinski definition) is 0. The molecule has 1 fully saturated rings. The molecule has 1 aliphatic rings. The SMILES string of the molecule is CC(=O)O[Si](OC(C)=O)(OC(C)=O)OC1CCO1. The van der Waals surface area contributed by atoms with E-state index >= 15 is 0 Å². The molecule has 9 heteroatoms. The van der Waals surface area contributed by atoms with Crippen LogP contribution in [0.1, 0.15) is 27.2 Å². The van der Waals surface area contributed by atoms with Gasteiger partial charge in [-0.2, -0.15) is 0 Å². The minimum atomic E-state index is -4.19. The lowest BCUT2D eigenvalue weighted by Gasteiger charge is -2.32. The van der Waals surface area contributed by atoms with Gasteiger partial charge in [0.1, 0.15) is 0 Å². The first-order chi connectivity index (χ1) is 8.33. The van der Waals surface area contributed by atoms with Crippen molar-refractivity contribution in [1.29, 1.82) is 0 Å². The van der Waals surface area contributed by atoms with Crippen LogP contribution in [0.2, 0.25) is 0 Å². The Balaban J connectivity index is 2.85. The second-order valence-electron chi connectivity index (χ2n) is 3.49. The molecular weight excluding hydrogens is 264 g/mol. The fraction of sp³-hybridized carbons (Fsp3) is 0.667. The first kappa shape index (κ1) is 14.6. The van der Waals surface area contributed by atoms with Crippen LogP contribution in [0.4, 0.5) is 0 Å². The van der Waals surface area contributed by atoms with E-state index in [-0.39, 0.29) is 0 Å². The molecule has 0 aromatic rings. The molecule has 0 bridgehead atoms. The van der Waals surface area contributed by atoms with Gasteiger partial charge in [-0.1, -0.05) is 0 Å². The highest BCUT2D eigenvalue weighted by Crippen LogP contribution is 2.22. The molecule has 1 unspecified atom stereocenters. The number of carbonyl (C=O) groups is 3. The lowest BCUT2D eigenvalue weighted by Crippen LogP contribution is -2.56. The zero-order chi connectivity index (χ0) is 13.8. The Morgan fingerprint density at radius 3 is 1.61 bits per heavy atom. The Kier molecular flexibility index (Phi) is 4.82. The summed E-state index contributed by atoms with van der Waals surface area (Å²) in [4.78, 5) is 33.1. The monoisotopic (exact) mass is 278 g/mol. The van der Waals surface area contributed by atoms with E-state index in [0.717, 1.165) is 20.8 Å². The van der Waals surface area contributed by atoms with Gasteiger partial charge >= 0.3 is 9.05 Å². The van der Waals surface area contributed by atoms with Gasteiger partial charge in [-0.25, -0.2) is 0 Å². The van der Waals surface area contributed by atoms with Gasteiger partial charge in [-0.05, 0) is 0 Å². The summed E-state index contributed by atoms with van der Waals surface area (Å²) in [6, 6.07) is 0. The molecule has 1 aliphatic heterocycles. The third-order valence-corrected chi connectivity index (χ3v) is 3.90. The van der Waals surface area contributed by atoms with Gasteiger partial charge in [-0.3, -0.25) is 18.8 Å². The molecule has 0 aliphatic carbocycles. The molecule has 18 heavy (non-hydrogen) atoms. The maximum atomic E-state index is 11.0. The van der Waals surface area contributed by atoms with E-state index in [2.05, 4.69) is 0 Å². The molecule has 0 amide bonds. The van der Waals surface area contributed by atoms with Gasteiger partial charge < -0.3 is 18.0 Å². The predicted molar refractivity (Wildman–Crippen MR) is 56.5 cm³/mol. The van der Waals surface area contributed by atoms with Crippen LogP contribution < -0.4 is 0 Å². The van der Waals surface area contributed by atoms with Crippen LogP contribution in [0.15, 0.2) is 0 Å². The molecule has 0 saturated carbocycles. The van der Waals surface area contributed by atoms with Crippen molar-refractivity contribution in [3.05, 3.63) is 0 Å². The molecule has 1 atom stereocenters. The van der Waals surface area contributed by atoms with E-state index in [1.807, 2.05) is 0 Å². The quantitative estimate of drug-likeness (QED) is 0.642. The maximum Gasteiger partial charge on any atom is 0.901 e. The molecule has 102 valence electrons. The summed E-state index contributed by atoms with van der Waals surface area (Å²) < 4.78 is 24.5. The second kappa shape index (κ2) is 5.93. The van der Waals surface area contributed by atoms with Crippen molar-refractivity contribution in [2.75, 3.05) is 6.61 Å². The molecule has 0 radical (unpaired) electrons. The Labute approximate surface area is 105 Å². The van der Waals surface area contributed by atoms with Crippen LogP contribution in [0.5, 0.6) is 0 Å². The summed E-state index contributed by atoms with van der Waals surface area (Å²) in [5, 5.41) is 0. The fourth-order valence-electron chi connectivity index (χ4n) is 1.13. The van der Waals surface area contributed by atoms with Gasteiger partial charge in [-0.15, -0.1) is 0 Å². The van der Waals surface area contributed by atoms with Gasteiger partial charge in [0.15, 0.2) is 6.29 Å². The number of hydrogen-bond acceptors (Lipinski definition) is 8. The zero-order valence-electron chi connectivity index (χ0n) is 10.3. The molecule has 1 saturated heterocycles. The smallest absolute Gasteiger partial charge is 0.433 e. The molecule has 0 N–H and O–H groups in total. The fourth-order valence-corrected chi connectivity index (χ4v) is 2.96. The molecular formula is C9H14O8Si. The highest BCUT2D eigenvalue weighted by atomic mass is 28.4. The number of rotatable bonds is 5. The highest BCUT2D eigenvalue weighted by molar-refractivity contribution is 6.59. The van der Waals surface area contributed by atoms with E-state index in [1.165, 1.54) is 0 Å². The van der Waals surface area contributed by atoms with Crippen LogP contribution in [0.25, 0.3) is 0 Å². The van der Waals surface area contributed by atoms with Gasteiger partial charge in [0.05, 0.1) is 6.61 Å². The second-order valence-corrected chi connectivity index (χ2v) is 5.34. The van der Waals surface area contributed by atoms with E-state index in [4.69, 9.17) is 22.4 Å². The summed E-state index contributed by atoms with van der Waals surface area (Å²) in [7, 11) is -4.19. The Morgan fingerprint density at radius 2 is 1.39 bits per heavy atom. The summed E-state index contributed by atoms with van der Waals surface area (Å²) in [5.41, 5.74) is 0. The van der Waals surface area contributed by atoms with Crippen molar-refractivity contribution >= 4 is 27.0 Å². The summed E-state index contributed by atoms with van der Waals surface area (Å²) in [6.45, 7) is 3.72. The van der Waals surface area contributed by atoms with E-state index < -0.39 is 33.2 Å². The van der Waals surface area contributed by atoms with Crippen molar-refractivity contribution in [1.82, 2.24) is 0 Å². The largest absolute Gasteiger partial charge is 0.901 e. The summed E-state index contributed by atoms with van der Waals surface area (Å²) >= 11 is 0. The molecule has 0 aromatic heterocycles. The first-order valence-electron chi connectivity index (χ1n) is 5.21. The summed E-state index contributed by atoms with van der Waals surface area (Å²) in [5.74, 6) is -2.37. The van der Waals surface area contributed by atoms with Crippen LogP contribution in [-0.4, -0.2) is 39.9 Å². The Hall–Kier alpha value is -1.45. The normalized spacial score (nSPS) is 18.5. The molecule has 1 rings (SSSR count). The van der Waals surface area contributed by atoms with E-state index in [1.54, 1.807) is 0 Å². The average Bonchev–Trinajstić information content (AvgIpc) is 2.07. The molecule has 0 aromatic carbocycles. The zero-order valence-corrected chi connectivity index (χ0v) is 11.3. The maximum absolute atomic E-state index is 11.0. The number of ether oxygens (including phenoxy) is 1. The van der Waals surface area contributed by atoms with Crippen molar-refractivity contribution in [3.63, 3.8) is 0 Å². The van der Waals surface area contributed by atoms with Crippen LogP contribution in [0.3, 0.4) is 0 Å². The van der Waals surface area contributed by atoms with E-state index in [9.17, 15) is 14.4 Å². The van der Waals surface area contributed by atoms with Crippen molar-refractivity contribution in [2.24, 2.45) is 0 Å². The first-order valence-corrected chi connectivity index (χ1v) is 6.84. The lowest BCUT2D eigenvalue weighted by atomic mass is 10.4. The molecule has 1 heterocycles. The van der Waals surface area contributed by atoms with Crippen LogP contribution in [0, 0.1) is 0 Å². The van der Waals surface area contributed by atoms with Crippen molar-refractivity contribution < 1.29 is 36.8 Å². The van der Waals surface area contributed by atoms with E-state index in [0.29, 0.717) is 13.0 Å². The highest BCUT2D eigenvalue weighted by Gasteiger charge is 2.60. The predicted octanol–water partition coefficient (Wildman–Crippen LogP) is -0.126. The van der Waals surface area contributed by atoms with Crippen molar-refractivity contribution in [2.45, 2.75) is 33.5 Å². The van der Waals surface area contributed by atoms with Crippen LogP contribution >= 0.6 is 0 Å². The third kappa shape index (κ3) is 4.43. The third-order valence-electron chi connectivity index (χ3n) is 1.74. The average molecular weight is 278 g/mol. The molecule has 8 nitrogen and oxygen atoms in total. The number of carbonyl (C=O) groups excluding carboxylic acids is 3. The lowest BCUT2D eigenvalue weighted by molar-refractivity contribution is -0.209. The summed E-state index contributed by atoms with van der Waals surface area (Å²) in [6.07, 6.45) is -0.187. The molecule has 0 spiro atoms. The topological polar surface area (TPSA) is 97.4 Å². The van der Waals surface area contributed by atoms with Crippen molar-refractivity contribution in [3.8, 4) is 0 Å². The van der Waals surface area contributed by atoms with Gasteiger partial charge in [0, 0.05) is 27.2 Å². The minimum absolute atomic E-state index is 0.468.